The fourth-order valence-electron chi connectivity index (χ4n) is 7.26. The summed E-state index contributed by atoms with van der Waals surface area (Å²) in [5.41, 5.74) is 6.27. The van der Waals surface area contributed by atoms with Crippen LogP contribution in [0.2, 0.25) is 5.02 Å². The van der Waals surface area contributed by atoms with Gasteiger partial charge in [0.15, 0.2) is 5.82 Å². The molecule has 0 bridgehead atoms. The van der Waals surface area contributed by atoms with Crippen LogP contribution in [-0.4, -0.2) is 50.6 Å². The van der Waals surface area contributed by atoms with Crippen molar-refractivity contribution >= 4 is 46.0 Å². The van der Waals surface area contributed by atoms with Gasteiger partial charge in [-0.05, 0) is 86.2 Å². The lowest BCUT2D eigenvalue weighted by atomic mass is 9.77. The van der Waals surface area contributed by atoms with E-state index in [0.717, 1.165) is 27.8 Å². The SMILES string of the molecule is CC(C)(C)OC(=O)N1CCCC(C(=O)Nc2nn(C(c3ccccc3)(c3ccccc3)c3ccccc3)c3ccc(-c4cc(NO)ccc4Cl)cc23)C1. The molecule has 5 aromatic carbocycles. The third kappa shape index (κ3) is 7.10. The molecule has 0 spiro atoms. The van der Waals surface area contributed by atoms with Crippen molar-refractivity contribution < 1.29 is 19.5 Å². The summed E-state index contributed by atoms with van der Waals surface area (Å²) in [6.45, 7) is 6.26. The molecule has 1 unspecified atom stereocenters. The lowest BCUT2D eigenvalue weighted by Crippen LogP contribution is -2.45. The molecule has 1 aromatic heterocycles. The predicted octanol–water partition coefficient (Wildman–Crippen LogP) is 9.58. The number of hydrogen-bond donors (Lipinski definition) is 3. The van der Waals surface area contributed by atoms with Crippen molar-refractivity contribution in [1.29, 1.82) is 0 Å². The zero-order valence-electron chi connectivity index (χ0n) is 29.9. The fourth-order valence-corrected chi connectivity index (χ4v) is 7.48. The lowest BCUT2D eigenvalue weighted by molar-refractivity contribution is -0.121. The monoisotopic (exact) mass is 727 g/mol. The number of halogens is 1. The van der Waals surface area contributed by atoms with Crippen molar-refractivity contribution in [2.45, 2.75) is 44.8 Å². The largest absolute Gasteiger partial charge is 0.444 e. The predicted molar refractivity (Wildman–Crippen MR) is 209 cm³/mol. The van der Waals surface area contributed by atoms with Gasteiger partial charge < -0.3 is 15.0 Å². The van der Waals surface area contributed by atoms with Gasteiger partial charge in [-0.3, -0.25) is 15.5 Å². The highest BCUT2D eigenvalue weighted by molar-refractivity contribution is 6.33. The minimum Gasteiger partial charge on any atom is -0.444 e. The number of hydrogen-bond acceptors (Lipinski definition) is 6. The summed E-state index contributed by atoms with van der Waals surface area (Å²) in [7, 11) is 0. The number of amides is 2. The number of carbonyl (C=O) groups is 2. The second kappa shape index (κ2) is 14.8. The van der Waals surface area contributed by atoms with E-state index in [1.165, 1.54) is 0 Å². The Labute approximate surface area is 314 Å². The molecule has 0 aliphatic carbocycles. The average molecular weight is 728 g/mol. The van der Waals surface area contributed by atoms with E-state index in [4.69, 9.17) is 21.4 Å². The van der Waals surface area contributed by atoms with E-state index in [9.17, 15) is 14.8 Å². The molecule has 2 amide bonds. The molecule has 2 heterocycles. The van der Waals surface area contributed by atoms with Crippen molar-refractivity contribution in [3.8, 4) is 11.1 Å². The second-order valence-electron chi connectivity index (χ2n) is 14.4. The van der Waals surface area contributed by atoms with Gasteiger partial charge in [0.2, 0.25) is 5.91 Å². The van der Waals surface area contributed by atoms with Gasteiger partial charge in [0, 0.05) is 29.1 Å². The molecule has 0 saturated carbocycles. The molecule has 270 valence electrons. The number of anilines is 2. The Morgan fingerprint density at radius 2 is 1.43 bits per heavy atom. The first-order valence-electron chi connectivity index (χ1n) is 17.8. The van der Waals surface area contributed by atoms with Crippen molar-refractivity contribution in [2.75, 3.05) is 23.9 Å². The van der Waals surface area contributed by atoms with E-state index in [1.54, 1.807) is 23.1 Å². The number of rotatable bonds is 8. The molecule has 6 aromatic rings. The number of likely N-dealkylation sites (tertiary alicyclic amines) is 1. The summed E-state index contributed by atoms with van der Waals surface area (Å²) in [5, 5.41) is 19.4. The maximum Gasteiger partial charge on any atom is 0.410 e. The maximum atomic E-state index is 14.2. The number of benzene rings is 5. The van der Waals surface area contributed by atoms with Crippen LogP contribution in [0.3, 0.4) is 0 Å². The topological polar surface area (TPSA) is 109 Å². The Bertz CT molecular complexity index is 2140. The van der Waals surface area contributed by atoms with Crippen LogP contribution in [0.4, 0.5) is 16.3 Å². The molecule has 10 heteroatoms. The number of nitrogens with zero attached hydrogens (tertiary/aromatic N) is 3. The van der Waals surface area contributed by atoms with Crippen molar-refractivity contribution in [2.24, 2.45) is 5.92 Å². The van der Waals surface area contributed by atoms with Gasteiger partial charge in [-0.1, -0.05) is 109 Å². The Kier molecular flexibility index (Phi) is 9.96. The Morgan fingerprint density at radius 1 is 0.830 bits per heavy atom. The summed E-state index contributed by atoms with van der Waals surface area (Å²) in [6.07, 6.45) is 0.862. The third-order valence-electron chi connectivity index (χ3n) is 9.66. The number of ether oxygens (including phenoxy) is 1. The first-order chi connectivity index (χ1) is 25.6. The molecular formula is C43H42ClN5O4. The minimum absolute atomic E-state index is 0.232. The van der Waals surface area contributed by atoms with Crippen molar-refractivity contribution in [3.05, 3.63) is 149 Å². The highest BCUT2D eigenvalue weighted by Crippen LogP contribution is 2.44. The van der Waals surface area contributed by atoms with Crippen LogP contribution in [0.5, 0.6) is 0 Å². The summed E-state index contributed by atoms with van der Waals surface area (Å²) >= 11 is 6.72. The second-order valence-corrected chi connectivity index (χ2v) is 14.8. The number of piperidine rings is 1. The molecule has 1 aliphatic rings. The zero-order valence-corrected chi connectivity index (χ0v) is 30.7. The molecule has 1 atom stereocenters. The Hall–Kier alpha value is -5.64. The molecule has 0 radical (unpaired) electrons. The molecule has 3 N–H and O–H groups in total. The lowest BCUT2D eigenvalue weighted by Gasteiger charge is -2.37. The van der Waals surface area contributed by atoms with E-state index < -0.39 is 23.2 Å². The van der Waals surface area contributed by atoms with Gasteiger partial charge in [-0.25, -0.2) is 9.48 Å². The van der Waals surface area contributed by atoms with E-state index in [0.29, 0.717) is 46.9 Å². The molecule has 1 saturated heterocycles. The van der Waals surface area contributed by atoms with Crippen LogP contribution < -0.4 is 10.8 Å². The Balaban J connectivity index is 1.42. The van der Waals surface area contributed by atoms with Gasteiger partial charge in [0.25, 0.3) is 0 Å². The fraction of sp³-hybridized carbons (Fsp3) is 0.233. The van der Waals surface area contributed by atoms with Crippen LogP contribution in [-0.2, 0) is 15.1 Å². The standard InChI is InChI=1S/C43H42ClN5O4/c1-42(2,3)53-41(51)48-25-13-14-30(28-48)40(50)45-39-36-26-29(35-27-34(47-52)22-23-37(35)44)21-24-38(36)49(46-39)43(31-15-7-4-8-16-31,32-17-9-5-10-18-32)33-19-11-6-12-20-33/h4-12,15-24,26-27,30,47,52H,13-14,25,28H2,1-3H3,(H,45,46,50). The molecule has 7 rings (SSSR count). The third-order valence-corrected chi connectivity index (χ3v) is 9.99. The maximum absolute atomic E-state index is 14.2. The summed E-state index contributed by atoms with van der Waals surface area (Å²) in [5.74, 6) is -0.325. The minimum atomic E-state index is -0.955. The summed E-state index contributed by atoms with van der Waals surface area (Å²) < 4.78 is 7.64. The quantitative estimate of drug-likeness (QED) is 0.106. The zero-order chi connectivity index (χ0) is 37.2. The molecule has 53 heavy (non-hydrogen) atoms. The normalized spacial score (nSPS) is 14.9. The van der Waals surface area contributed by atoms with Crippen LogP contribution in [0.1, 0.15) is 50.3 Å². The van der Waals surface area contributed by atoms with E-state index >= 15 is 0 Å². The van der Waals surface area contributed by atoms with Crippen molar-refractivity contribution in [3.63, 3.8) is 0 Å². The summed E-state index contributed by atoms with van der Waals surface area (Å²) in [6, 6.07) is 41.8. The van der Waals surface area contributed by atoms with Gasteiger partial charge in [0.1, 0.15) is 11.1 Å². The van der Waals surface area contributed by atoms with Crippen LogP contribution >= 0.6 is 11.6 Å². The molecule has 1 aliphatic heterocycles. The molecule has 9 nitrogen and oxygen atoms in total. The van der Waals surface area contributed by atoms with Gasteiger partial charge in [0.05, 0.1) is 17.1 Å². The highest BCUT2D eigenvalue weighted by atomic mass is 35.5. The summed E-state index contributed by atoms with van der Waals surface area (Å²) in [4.78, 5) is 28.8. The first-order valence-corrected chi connectivity index (χ1v) is 18.1. The van der Waals surface area contributed by atoms with Gasteiger partial charge in [-0.2, -0.15) is 5.10 Å². The van der Waals surface area contributed by atoms with E-state index in [-0.39, 0.29) is 12.5 Å². The van der Waals surface area contributed by atoms with Crippen LogP contribution in [0, 0.1) is 5.92 Å². The highest BCUT2D eigenvalue weighted by Gasteiger charge is 2.41. The van der Waals surface area contributed by atoms with Crippen LogP contribution in [0.25, 0.3) is 22.0 Å². The number of carbonyl (C=O) groups excluding carboxylic acids is 2. The molecular weight excluding hydrogens is 686 g/mol. The van der Waals surface area contributed by atoms with Crippen LogP contribution in [0.15, 0.2) is 127 Å². The number of aromatic nitrogens is 2. The average Bonchev–Trinajstić information content (AvgIpc) is 3.53. The number of fused-ring (bicyclic) bond motifs is 1. The van der Waals surface area contributed by atoms with Crippen molar-refractivity contribution in [1.82, 2.24) is 14.7 Å². The number of nitrogens with one attached hydrogen (secondary N) is 2. The van der Waals surface area contributed by atoms with Gasteiger partial charge >= 0.3 is 6.09 Å². The van der Waals surface area contributed by atoms with E-state index in [1.807, 2.05) is 98.2 Å². The first kappa shape index (κ1) is 35.7. The molecule has 1 fully saturated rings. The van der Waals surface area contributed by atoms with E-state index in [2.05, 4.69) is 47.2 Å². The Morgan fingerprint density at radius 3 is 2.00 bits per heavy atom. The smallest absolute Gasteiger partial charge is 0.410 e. The van der Waals surface area contributed by atoms with Gasteiger partial charge in [-0.15, -0.1) is 0 Å².